The second kappa shape index (κ2) is 4.97. The van der Waals surface area contributed by atoms with Crippen molar-refractivity contribution in [2.75, 3.05) is 19.8 Å². The Morgan fingerprint density at radius 3 is 2.75 bits per heavy atom. The molecule has 1 heterocycles. The average molecular weight is 226 g/mol. The van der Waals surface area contributed by atoms with E-state index >= 15 is 0 Å². The summed E-state index contributed by atoms with van der Waals surface area (Å²) in [5.41, 5.74) is 5.36. The monoisotopic (exact) mass is 226 g/mol. The molecule has 0 bridgehead atoms. The Hall–Kier alpha value is -0.870. The minimum Gasteiger partial charge on any atom is -0.379 e. The van der Waals surface area contributed by atoms with E-state index in [-0.39, 0.29) is 18.0 Å². The fourth-order valence-corrected chi connectivity index (χ4v) is 1.90. The van der Waals surface area contributed by atoms with Crippen LogP contribution in [0.25, 0.3) is 0 Å². The van der Waals surface area contributed by atoms with Gasteiger partial charge in [0, 0.05) is 18.6 Å². The van der Waals surface area contributed by atoms with Gasteiger partial charge in [0.25, 0.3) is 0 Å². The molecule has 1 aliphatic heterocycles. The van der Waals surface area contributed by atoms with Gasteiger partial charge in [0.1, 0.15) is 0 Å². The summed E-state index contributed by atoms with van der Waals surface area (Å²) in [5, 5.41) is 0. The first-order valence-electron chi connectivity index (χ1n) is 5.68. The van der Waals surface area contributed by atoms with Crippen LogP contribution in [-0.2, 0) is 9.53 Å². The molecule has 0 aromatic rings. The molecule has 0 aromatic heterocycles. The predicted octanol–water partition coefficient (Wildman–Crippen LogP) is 0.773. The zero-order chi connectivity index (χ0) is 12.3. The summed E-state index contributed by atoms with van der Waals surface area (Å²) in [7, 11) is 0. The molecule has 1 fully saturated rings. The highest BCUT2D eigenvalue weighted by Gasteiger charge is 2.46. The molecule has 1 saturated heterocycles. The highest BCUT2D eigenvalue weighted by Crippen LogP contribution is 2.30. The van der Waals surface area contributed by atoms with Gasteiger partial charge in [0.15, 0.2) is 0 Å². The maximum absolute atomic E-state index is 12.4. The van der Waals surface area contributed by atoms with E-state index in [0.29, 0.717) is 19.8 Å². The van der Waals surface area contributed by atoms with Crippen molar-refractivity contribution in [1.82, 2.24) is 4.90 Å². The van der Waals surface area contributed by atoms with Crippen LogP contribution in [0, 0.1) is 5.41 Å². The van der Waals surface area contributed by atoms with E-state index in [2.05, 4.69) is 6.58 Å². The van der Waals surface area contributed by atoms with Crippen LogP contribution < -0.4 is 5.73 Å². The molecule has 1 amide bonds. The van der Waals surface area contributed by atoms with Gasteiger partial charge in [-0.1, -0.05) is 6.08 Å². The van der Waals surface area contributed by atoms with Crippen LogP contribution in [0.1, 0.15) is 20.8 Å². The quantitative estimate of drug-likeness (QED) is 0.720. The first kappa shape index (κ1) is 13.2. The van der Waals surface area contributed by atoms with Crippen molar-refractivity contribution < 1.29 is 9.53 Å². The molecule has 4 heteroatoms. The lowest BCUT2D eigenvalue weighted by atomic mass is 9.84. The topological polar surface area (TPSA) is 55.6 Å². The van der Waals surface area contributed by atoms with Crippen LogP contribution in [0.15, 0.2) is 12.7 Å². The Balaban J connectivity index is 2.85. The van der Waals surface area contributed by atoms with Crippen molar-refractivity contribution in [1.29, 1.82) is 0 Å². The Morgan fingerprint density at radius 2 is 2.38 bits per heavy atom. The molecule has 2 N–H and O–H groups in total. The number of amides is 1. The highest BCUT2D eigenvalue weighted by atomic mass is 16.5. The summed E-state index contributed by atoms with van der Waals surface area (Å²) in [6.45, 7) is 11.0. The van der Waals surface area contributed by atoms with E-state index in [1.807, 2.05) is 20.8 Å². The maximum Gasteiger partial charge on any atom is 0.233 e. The number of hydrogen-bond donors (Lipinski definition) is 1. The molecular weight excluding hydrogens is 204 g/mol. The molecule has 1 aliphatic rings. The van der Waals surface area contributed by atoms with E-state index in [0.717, 1.165) is 0 Å². The minimum atomic E-state index is -0.590. The Bertz CT molecular complexity index is 278. The fraction of sp³-hybridized carbons (Fsp3) is 0.750. The van der Waals surface area contributed by atoms with E-state index in [1.165, 1.54) is 0 Å². The zero-order valence-corrected chi connectivity index (χ0v) is 10.4. The van der Waals surface area contributed by atoms with E-state index in [4.69, 9.17) is 10.5 Å². The van der Waals surface area contributed by atoms with Crippen LogP contribution in [0.4, 0.5) is 0 Å². The van der Waals surface area contributed by atoms with Crippen LogP contribution in [0.5, 0.6) is 0 Å². The van der Waals surface area contributed by atoms with Gasteiger partial charge in [-0.3, -0.25) is 4.79 Å². The largest absolute Gasteiger partial charge is 0.379 e. The predicted molar refractivity (Wildman–Crippen MR) is 63.9 cm³/mol. The van der Waals surface area contributed by atoms with E-state index in [1.54, 1.807) is 11.0 Å². The van der Waals surface area contributed by atoms with E-state index < -0.39 is 5.41 Å². The number of carbonyl (C=O) groups is 1. The van der Waals surface area contributed by atoms with Gasteiger partial charge in [-0.2, -0.15) is 0 Å². The molecule has 0 aromatic carbocycles. The molecule has 0 radical (unpaired) electrons. The molecule has 4 nitrogen and oxygen atoms in total. The van der Waals surface area contributed by atoms with Gasteiger partial charge in [-0.05, 0) is 20.8 Å². The zero-order valence-electron chi connectivity index (χ0n) is 10.4. The smallest absolute Gasteiger partial charge is 0.233 e. The van der Waals surface area contributed by atoms with Gasteiger partial charge in [0.2, 0.25) is 5.91 Å². The molecule has 92 valence electrons. The summed E-state index contributed by atoms with van der Waals surface area (Å²) in [4.78, 5) is 14.2. The number of ether oxygens (including phenoxy) is 1. The molecule has 0 aliphatic carbocycles. The normalized spacial score (nSPS) is 29.4. The number of nitrogens with two attached hydrogens (primary N) is 1. The Morgan fingerprint density at radius 1 is 1.75 bits per heavy atom. The first-order chi connectivity index (χ1) is 7.43. The standard InChI is InChI=1S/C12H22N2O2/c1-5-6-14(9(2)3)11(15)12(4)8-16-7-10(12)13/h5,9-10H,1,6-8,13H2,2-4H3. The van der Waals surface area contributed by atoms with Crippen LogP contribution >= 0.6 is 0 Å². The molecular formula is C12H22N2O2. The summed E-state index contributed by atoms with van der Waals surface area (Å²) < 4.78 is 5.30. The van der Waals surface area contributed by atoms with Gasteiger partial charge in [-0.15, -0.1) is 6.58 Å². The summed E-state index contributed by atoms with van der Waals surface area (Å²) in [5.74, 6) is 0.0624. The van der Waals surface area contributed by atoms with Crippen LogP contribution in [0.2, 0.25) is 0 Å². The lowest BCUT2D eigenvalue weighted by Gasteiger charge is -2.35. The lowest BCUT2D eigenvalue weighted by molar-refractivity contribution is -0.142. The number of hydrogen-bond acceptors (Lipinski definition) is 3. The third-order valence-electron chi connectivity index (χ3n) is 3.22. The third kappa shape index (κ3) is 2.28. The Kier molecular flexibility index (Phi) is 4.10. The van der Waals surface area contributed by atoms with Gasteiger partial charge >= 0.3 is 0 Å². The second-order valence-corrected chi connectivity index (χ2v) is 4.88. The molecule has 2 unspecified atom stereocenters. The first-order valence-corrected chi connectivity index (χ1v) is 5.68. The van der Waals surface area contributed by atoms with Crippen molar-refractivity contribution in [3.05, 3.63) is 12.7 Å². The van der Waals surface area contributed by atoms with Crippen molar-refractivity contribution >= 4 is 5.91 Å². The fourth-order valence-electron chi connectivity index (χ4n) is 1.90. The van der Waals surface area contributed by atoms with Crippen molar-refractivity contribution in [2.45, 2.75) is 32.9 Å². The van der Waals surface area contributed by atoms with Crippen molar-refractivity contribution in [3.63, 3.8) is 0 Å². The van der Waals surface area contributed by atoms with Gasteiger partial charge in [-0.25, -0.2) is 0 Å². The number of nitrogens with zero attached hydrogens (tertiary/aromatic N) is 1. The summed E-state index contributed by atoms with van der Waals surface area (Å²) in [6.07, 6.45) is 1.74. The summed E-state index contributed by atoms with van der Waals surface area (Å²) in [6, 6.07) is -0.0683. The van der Waals surface area contributed by atoms with E-state index in [9.17, 15) is 4.79 Å². The second-order valence-electron chi connectivity index (χ2n) is 4.88. The third-order valence-corrected chi connectivity index (χ3v) is 3.22. The van der Waals surface area contributed by atoms with Crippen LogP contribution in [-0.4, -0.2) is 42.6 Å². The molecule has 2 atom stereocenters. The van der Waals surface area contributed by atoms with Crippen molar-refractivity contribution in [3.8, 4) is 0 Å². The molecule has 16 heavy (non-hydrogen) atoms. The minimum absolute atomic E-state index is 0.0624. The highest BCUT2D eigenvalue weighted by molar-refractivity contribution is 5.84. The lowest BCUT2D eigenvalue weighted by Crippen LogP contribution is -2.53. The average Bonchev–Trinajstić information content (AvgIpc) is 2.56. The molecule has 0 spiro atoms. The van der Waals surface area contributed by atoms with Crippen LogP contribution in [0.3, 0.4) is 0 Å². The maximum atomic E-state index is 12.4. The van der Waals surface area contributed by atoms with Gasteiger partial charge in [0.05, 0.1) is 18.6 Å². The molecule has 1 rings (SSSR count). The Labute approximate surface area is 97.4 Å². The number of carbonyl (C=O) groups excluding carboxylic acids is 1. The molecule has 0 saturated carbocycles. The van der Waals surface area contributed by atoms with Gasteiger partial charge < -0.3 is 15.4 Å². The summed E-state index contributed by atoms with van der Waals surface area (Å²) >= 11 is 0. The van der Waals surface area contributed by atoms with Crippen molar-refractivity contribution in [2.24, 2.45) is 11.1 Å². The number of rotatable bonds is 4. The SMILES string of the molecule is C=CCN(C(=O)C1(C)COCC1N)C(C)C.